The van der Waals surface area contributed by atoms with Gasteiger partial charge in [0.25, 0.3) is 0 Å². The summed E-state index contributed by atoms with van der Waals surface area (Å²) in [5.74, 6) is -0.106. The number of aryl methyl sites for hydroxylation is 1. The molecule has 3 aromatic rings. The standard InChI is InChI=1S/C26H29NO2/c1-21-9-8-14-24(19-21)26(28,23-12-6-3-7-13-23)25(22-10-4-2-5-11-22)20-27-15-17-29-18-16-27/h2-14,19,25,28H,15-18,20H2,1H3/t25-,26-/m1/s1. The van der Waals surface area contributed by atoms with Crippen molar-refractivity contribution >= 4 is 0 Å². The Labute approximate surface area is 173 Å². The van der Waals surface area contributed by atoms with E-state index < -0.39 is 5.60 Å². The van der Waals surface area contributed by atoms with E-state index in [1.54, 1.807) is 0 Å². The smallest absolute Gasteiger partial charge is 0.123 e. The third kappa shape index (κ3) is 4.27. The molecule has 0 bridgehead atoms. The number of nitrogens with zero attached hydrogens (tertiary/aromatic N) is 1. The molecule has 0 saturated carbocycles. The molecule has 1 N–H and O–H groups in total. The van der Waals surface area contributed by atoms with Gasteiger partial charge < -0.3 is 9.84 Å². The average molecular weight is 388 g/mol. The van der Waals surface area contributed by atoms with E-state index in [1.165, 1.54) is 0 Å². The minimum Gasteiger partial charge on any atom is -0.380 e. The molecule has 150 valence electrons. The summed E-state index contributed by atoms with van der Waals surface area (Å²) in [6, 6.07) is 28.8. The minimum absolute atomic E-state index is 0.106. The van der Waals surface area contributed by atoms with Gasteiger partial charge in [0.15, 0.2) is 0 Å². The van der Waals surface area contributed by atoms with Gasteiger partial charge in [0.1, 0.15) is 5.60 Å². The predicted molar refractivity (Wildman–Crippen MR) is 117 cm³/mol. The van der Waals surface area contributed by atoms with Crippen LogP contribution in [0.25, 0.3) is 0 Å². The van der Waals surface area contributed by atoms with Crippen molar-refractivity contribution in [3.8, 4) is 0 Å². The van der Waals surface area contributed by atoms with Crippen molar-refractivity contribution in [2.45, 2.75) is 18.4 Å². The first kappa shape index (κ1) is 19.8. The van der Waals surface area contributed by atoms with Gasteiger partial charge in [-0.1, -0.05) is 90.5 Å². The van der Waals surface area contributed by atoms with Crippen LogP contribution in [0.3, 0.4) is 0 Å². The van der Waals surface area contributed by atoms with Crippen LogP contribution in [0.4, 0.5) is 0 Å². The normalized spacial score (nSPS) is 18.1. The van der Waals surface area contributed by atoms with Gasteiger partial charge >= 0.3 is 0 Å². The van der Waals surface area contributed by atoms with E-state index in [4.69, 9.17) is 4.74 Å². The van der Waals surface area contributed by atoms with Crippen LogP contribution >= 0.6 is 0 Å². The SMILES string of the molecule is Cc1cccc([C@](O)(c2ccccc2)[C@H](CN2CCOCC2)c2ccccc2)c1. The maximum Gasteiger partial charge on any atom is 0.123 e. The van der Waals surface area contributed by atoms with Crippen LogP contribution < -0.4 is 0 Å². The number of aliphatic hydroxyl groups is 1. The Bertz CT molecular complexity index is 906. The fourth-order valence-electron chi connectivity index (χ4n) is 4.35. The molecule has 1 fully saturated rings. The molecule has 0 amide bonds. The van der Waals surface area contributed by atoms with Crippen molar-refractivity contribution in [3.63, 3.8) is 0 Å². The van der Waals surface area contributed by atoms with E-state index in [-0.39, 0.29) is 5.92 Å². The Morgan fingerprint density at radius 1 is 0.862 bits per heavy atom. The van der Waals surface area contributed by atoms with E-state index in [0.29, 0.717) is 0 Å². The van der Waals surface area contributed by atoms with Crippen LogP contribution in [0.15, 0.2) is 84.9 Å². The molecule has 0 aliphatic carbocycles. The summed E-state index contributed by atoms with van der Waals surface area (Å²) in [4.78, 5) is 2.41. The Balaban J connectivity index is 1.85. The molecular weight excluding hydrogens is 358 g/mol. The van der Waals surface area contributed by atoms with Crippen LogP contribution in [-0.2, 0) is 10.3 Å². The van der Waals surface area contributed by atoms with E-state index in [9.17, 15) is 5.11 Å². The van der Waals surface area contributed by atoms with Gasteiger partial charge in [0, 0.05) is 25.6 Å². The molecule has 0 aromatic heterocycles. The predicted octanol–water partition coefficient (Wildman–Crippen LogP) is 4.35. The molecule has 3 heteroatoms. The summed E-state index contributed by atoms with van der Waals surface area (Å²) in [6.45, 7) is 6.12. The topological polar surface area (TPSA) is 32.7 Å². The first-order chi connectivity index (χ1) is 14.2. The molecule has 1 aliphatic heterocycles. The lowest BCUT2D eigenvalue weighted by Crippen LogP contribution is -2.45. The summed E-state index contributed by atoms with van der Waals surface area (Å²) in [6.07, 6.45) is 0. The van der Waals surface area contributed by atoms with Gasteiger partial charge in [-0.25, -0.2) is 0 Å². The number of benzene rings is 3. The minimum atomic E-state index is -1.13. The zero-order valence-electron chi connectivity index (χ0n) is 17.0. The van der Waals surface area contributed by atoms with Crippen LogP contribution in [-0.4, -0.2) is 42.9 Å². The second-order valence-electron chi connectivity index (χ2n) is 7.88. The third-order valence-electron chi connectivity index (χ3n) is 5.92. The Morgan fingerprint density at radius 2 is 1.48 bits per heavy atom. The van der Waals surface area contributed by atoms with Crippen LogP contribution in [0.2, 0.25) is 0 Å². The highest BCUT2D eigenvalue weighted by Gasteiger charge is 2.42. The van der Waals surface area contributed by atoms with Crippen LogP contribution in [0.5, 0.6) is 0 Å². The summed E-state index contributed by atoms with van der Waals surface area (Å²) in [5.41, 5.74) is 3.02. The monoisotopic (exact) mass is 387 g/mol. The van der Waals surface area contributed by atoms with Crippen LogP contribution in [0, 0.1) is 6.92 Å². The van der Waals surface area contributed by atoms with Gasteiger partial charge in [0.2, 0.25) is 0 Å². The number of morpholine rings is 1. The third-order valence-corrected chi connectivity index (χ3v) is 5.92. The first-order valence-corrected chi connectivity index (χ1v) is 10.4. The summed E-state index contributed by atoms with van der Waals surface area (Å²) in [7, 11) is 0. The van der Waals surface area contributed by atoms with Crippen molar-refractivity contribution in [3.05, 3.63) is 107 Å². The van der Waals surface area contributed by atoms with E-state index >= 15 is 0 Å². The first-order valence-electron chi connectivity index (χ1n) is 10.4. The molecule has 2 atom stereocenters. The average Bonchev–Trinajstić information content (AvgIpc) is 2.79. The second-order valence-corrected chi connectivity index (χ2v) is 7.88. The number of hydrogen-bond donors (Lipinski definition) is 1. The van der Waals surface area contributed by atoms with E-state index in [2.05, 4.69) is 54.3 Å². The number of ether oxygens (including phenoxy) is 1. The highest BCUT2D eigenvalue weighted by atomic mass is 16.5. The lowest BCUT2D eigenvalue weighted by Gasteiger charge is -2.41. The molecule has 3 aromatic carbocycles. The van der Waals surface area contributed by atoms with Crippen molar-refractivity contribution in [1.29, 1.82) is 0 Å². The Kier molecular flexibility index (Phi) is 6.10. The van der Waals surface area contributed by atoms with Gasteiger partial charge in [-0.3, -0.25) is 4.90 Å². The molecule has 0 radical (unpaired) electrons. The molecule has 4 rings (SSSR count). The van der Waals surface area contributed by atoms with Crippen molar-refractivity contribution in [2.24, 2.45) is 0 Å². The lowest BCUT2D eigenvalue weighted by atomic mass is 9.72. The largest absolute Gasteiger partial charge is 0.380 e. The molecular formula is C26H29NO2. The fourth-order valence-corrected chi connectivity index (χ4v) is 4.35. The molecule has 0 spiro atoms. The second kappa shape index (κ2) is 8.91. The molecule has 1 saturated heterocycles. The molecule has 1 heterocycles. The van der Waals surface area contributed by atoms with Crippen molar-refractivity contribution in [2.75, 3.05) is 32.8 Å². The van der Waals surface area contributed by atoms with Crippen LogP contribution in [0.1, 0.15) is 28.2 Å². The van der Waals surface area contributed by atoms with E-state index in [0.717, 1.165) is 55.1 Å². The number of hydrogen-bond acceptors (Lipinski definition) is 3. The quantitative estimate of drug-likeness (QED) is 0.683. The Morgan fingerprint density at radius 3 is 2.14 bits per heavy atom. The maximum absolute atomic E-state index is 12.5. The van der Waals surface area contributed by atoms with Gasteiger partial charge in [-0.2, -0.15) is 0 Å². The highest BCUT2D eigenvalue weighted by molar-refractivity contribution is 5.43. The molecule has 0 unspecified atom stereocenters. The fraction of sp³-hybridized carbons (Fsp3) is 0.308. The molecule has 3 nitrogen and oxygen atoms in total. The lowest BCUT2D eigenvalue weighted by molar-refractivity contribution is 0.000748. The van der Waals surface area contributed by atoms with Gasteiger partial charge in [-0.15, -0.1) is 0 Å². The van der Waals surface area contributed by atoms with Crippen molar-refractivity contribution in [1.82, 2.24) is 4.90 Å². The summed E-state index contributed by atoms with van der Waals surface area (Å²) < 4.78 is 5.55. The van der Waals surface area contributed by atoms with E-state index in [1.807, 2.05) is 42.5 Å². The summed E-state index contributed by atoms with van der Waals surface area (Å²) in [5, 5.41) is 12.5. The zero-order chi connectivity index (χ0) is 20.1. The van der Waals surface area contributed by atoms with Crippen molar-refractivity contribution < 1.29 is 9.84 Å². The molecule has 1 aliphatic rings. The number of rotatable bonds is 6. The van der Waals surface area contributed by atoms with Gasteiger partial charge in [-0.05, 0) is 23.6 Å². The maximum atomic E-state index is 12.5. The molecule has 29 heavy (non-hydrogen) atoms. The zero-order valence-corrected chi connectivity index (χ0v) is 17.0. The van der Waals surface area contributed by atoms with Gasteiger partial charge in [0.05, 0.1) is 13.2 Å². The highest BCUT2D eigenvalue weighted by Crippen LogP contribution is 2.43. The summed E-state index contributed by atoms with van der Waals surface area (Å²) >= 11 is 0. The Hall–Kier alpha value is -2.46.